The molecule has 0 radical (unpaired) electrons. The summed E-state index contributed by atoms with van der Waals surface area (Å²) in [6, 6.07) is 3.33. The molecule has 0 unspecified atom stereocenters. The Kier molecular flexibility index (Phi) is 6.51. The number of methoxy groups -OCH3 is 2. The van der Waals surface area contributed by atoms with Crippen molar-refractivity contribution in [2.75, 3.05) is 38.9 Å². The Morgan fingerprint density at radius 1 is 1.31 bits per heavy atom. The van der Waals surface area contributed by atoms with Crippen molar-refractivity contribution >= 4 is 19.9 Å². The molecule has 0 spiro atoms. The first-order valence-corrected chi connectivity index (χ1v) is 11.1. The highest BCUT2D eigenvalue weighted by Crippen LogP contribution is 2.33. The predicted molar refractivity (Wildman–Crippen MR) is 93.6 cm³/mol. The van der Waals surface area contributed by atoms with Crippen LogP contribution in [0, 0.1) is 0 Å². The van der Waals surface area contributed by atoms with Gasteiger partial charge in [0.1, 0.15) is 16.4 Å². The standard InChI is InChI=1S/C15H23NO8S2/c1-23-13-3-4-15(14(7-13)24-2)26(21,22)16(8-12(18)9-17)11-5-6-25(19,20)10-11/h3-4,7,11-12,17-18H,5-6,8-10H2,1-2H3/t11-,12+/m1/s1. The highest BCUT2D eigenvalue weighted by atomic mass is 32.2. The average molecular weight is 409 g/mol. The van der Waals surface area contributed by atoms with Crippen LogP contribution in [0.4, 0.5) is 0 Å². The number of hydrogen-bond donors (Lipinski definition) is 2. The summed E-state index contributed by atoms with van der Waals surface area (Å²) >= 11 is 0. The zero-order chi connectivity index (χ0) is 19.5. The molecule has 9 nitrogen and oxygen atoms in total. The quantitative estimate of drug-likeness (QED) is 0.573. The van der Waals surface area contributed by atoms with Gasteiger partial charge in [0.25, 0.3) is 0 Å². The SMILES string of the molecule is COc1ccc(S(=O)(=O)N(C[C@H](O)CO)[C@@H]2CCS(=O)(=O)C2)c(OC)c1. The summed E-state index contributed by atoms with van der Waals surface area (Å²) in [5.74, 6) is -0.0264. The average Bonchev–Trinajstić information content (AvgIpc) is 2.97. The number of sulfonamides is 1. The number of rotatable bonds is 8. The van der Waals surface area contributed by atoms with Gasteiger partial charge < -0.3 is 19.7 Å². The molecule has 2 rings (SSSR count). The largest absolute Gasteiger partial charge is 0.497 e. The summed E-state index contributed by atoms with van der Waals surface area (Å²) < 4.78 is 61.1. The lowest BCUT2D eigenvalue weighted by Gasteiger charge is -2.29. The van der Waals surface area contributed by atoms with Gasteiger partial charge in [0.15, 0.2) is 9.84 Å². The van der Waals surface area contributed by atoms with Gasteiger partial charge in [-0.05, 0) is 18.6 Å². The van der Waals surface area contributed by atoms with E-state index in [4.69, 9.17) is 14.6 Å². The maximum atomic E-state index is 13.2. The van der Waals surface area contributed by atoms with Crippen molar-refractivity contribution in [2.45, 2.75) is 23.5 Å². The van der Waals surface area contributed by atoms with Crippen LogP contribution in [-0.2, 0) is 19.9 Å². The molecule has 1 aliphatic rings. The minimum absolute atomic E-state index is 0.0358. The number of nitrogens with zero attached hydrogens (tertiary/aromatic N) is 1. The van der Waals surface area contributed by atoms with E-state index in [1.807, 2.05) is 0 Å². The highest BCUT2D eigenvalue weighted by molar-refractivity contribution is 7.92. The van der Waals surface area contributed by atoms with Crippen LogP contribution >= 0.6 is 0 Å². The van der Waals surface area contributed by atoms with E-state index in [1.165, 1.54) is 32.4 Å². The van der Waals surface area contributed by atoms with Gasteiger partial charge in [-0.2, -0.15) is 4.31 Å². The Morgan fingerprint density at radius 3 is 2.50 bits per heavy atom. The molecule has 0 saturated carbocycles. The van der Waals surface area contributed by atoms with Crippen molar-refractivity contribution in [1.29, 1.82) is 0 Å². The zero-order valence-electron chi connectivity index (χ0n) is 14.5. The highest BCUT2D eigenvalue weighted by Gasteiger charge is 2.40. The molecule has 0 aliphatic carbocycles. The second-order valence-electron chi connectivity index (χ2n) is 5.98. The second kappa shape index (κ2) is 8.09. The van der Waals surface area contributed by atoms with Gasteiger partial charge in [-0.3, -0.25) is 0 Å². The molecule has 2 N–H and O–H groups in total. The Labute approximate surface area is 153 Å². The monoisotopic (exact) mass is 409 g/mol. The van der Waals surface area contributed by atoms with Gasteiger partial charge >= 0.3 is 0 Å². The normalized spacial score (nSPS) is 20.9. The summed E-state index contributed by atoms with van der Waals surface area (Å²) in [5.41, 5.74) is 0. The van der Waals surface area contributed by atoms with Crippen molar-refractivity contribution in [3.63, 3.8) is 0 Å². The van der Waals surface area contributed by atoms with Crippen LogP contribution in [0.25, 0.3) is 0 Å². The molecule has 0 amide bonds. The lowest BCUT2D eigenvalue weighted by atomic mass is 10.2. The van der Waals surface area contributed by atoms with Crippen molar-refractivity contribution in [3.8, 4) is 11.5 Å². The molecule has 148 valence electrons. The maximum absolute atomic E-state index is 13.2. The minimum atomic E-state index is -4.19. The van der Waals surface area contributed by atoms with E-state index in [0.29, 0.717) is 5.75 Å². The molecule has 11 heteroatoms. The Bertz CT molecular complexity index is 837. The fraction of sp³-hybridized carbons (Fsp3) is 0.600. The van der Waals surface area contributed by atoms with Crippen LogP contribution in [-0.4, -0.2) is 82.4 Å². The summed E-state index contributed by atoms with van der Waals surface area (Å²) in [4.78, 5) is -0.171. The molecular weight excluding hydrogens is 386 g/mol. The van der Waals surface area contributed by atoms with Crippen LogP contribution in [0.1, 0.15) is 6.42 Å². The van der Waals surface area contributed by atoms with E-state index >= 15 is 0 Å². The Hall–Kier alpha value is -1.40. The lowest BCUT2D eigenvalue weighted by molar-refractivity contribution is 0.0729. The lowest BCUT2D eigenvalue weighted by Crippen LogP contribution is -2.46. The van der Waals surface area contributed by atoms with Crippen LogP contribution in [0.3, 0.4) is 0 Å². The second-order valence-corrected chi connectivity index (χ2v) is 10.1. The van der Waals surface area contributed by atoms with Crippen molar-refractivity contribution < 1.29 is 36.5 Å². The summed E-state index contributed by atoms with van der Waals surface area (Å²) in [6.07, 6.45) is -1.21. The van der Waals surface area contributed by atoms with Gasteiger partial charge in [0.05, 0.1) is 38.4 Å². The van der Waals surface area contributed by atoms with Crippen LogP contribution in [0.5, 0.6) is 11.5 Å². The first kappa shape index (κ1) is 20.9. The number of hydrogen-bond acceptors (Lipinski definition) is 8. The third kappa shape index (κ3) is 4.46. The van der Waals surface area contributed by atoms with Crippen molar-refractivity contribution in [2.24, 2.45) is 0 Å². The molecular formula is C15H23NO8S2. The van der Waals surface area contributed by atoms with Gasteiger partial charge in [-0.25, -0.2) is 16.8 Å². The first-order valence-electron chi connectivity index (χ1n) is 7.88. The van der Waals surface area contributed by atoms with Gasteiger partial charge in [-0.1, -0.05) is 0 Å². The third-order valence-corrected chi connectivity index (χ3v) is 7.88. The van der Waals surface area contributed by atoms with E-state index in [0.717, 1.165) is 4.31 Å². The van der Waals surface area contributed by atoms with Crippen molar-refractivity contribution in [1.82, 2.24) is 4.31 Å². The molecule has 0 aromatic heterocycles. The number of ether oxygens (including phenoxy) is 2. The number of aliphatic hydroxyl groups is 2. The molecule has 1 saturated heterocycles. The van der Waals surface area contributed by atoms with E-state index in [2.05, 4.69) is 0 Å². The molecule has 1 aliphatic heterocycles. The van der Waals surface area contributed by atoms with Gasteiger partial charge in [0.2, 0.25) is 10.0 Å². The molecule has 1 heterocycles. The van der Waals surface area contributed by atoms with E-state index < -0.39 is 45.2 Å². The topological polar surface area (TPSA) is 130 Å². The maximum Gasteiger partial charge on any atom is 0.247 e. The zero-order valence-corrected chi connectivity index (χ0v) is 16.2. The Morgan fingerprint density at radius 2 is 2.00 bits per heavy atom. The Balaban J connectivity index is 2.48. The molecule has 1 aromatic carbocycles. The van der Waals surface area contributed by atoms with Crippen molar-refractivity contribution in [3.05, 3.63) is 18.2 Å². The van der Waals surface area contributed by atoms with E-state index in [9.17, 15) is 21.9 Å². The third-order valence-electron chi connectivity index (χ3n) is 4.17. The fourth-order valence-electron chi connectivity index (χ4n) is 2.83. The van der Waals surface area contributed by atoms with Gasteiger partial charge in [0, 0.05) is 18.7 Å². The van der Waals surface area contributed by atoms with Crippen LogP contribution < -0.4 is 9.47 Å². The predicted octanol–water partition coefficient (Wildman–Crippen LogP) is -0.765. The van der Waals surface area contributed by atoms with Gasteiger partial charge in [-0.15, -0.1) is 0 Å². The molecule has 0 bridgehead atoms. The number of benzene rings is 1. The van der Waals surface area contributed by atoms with Crippen LogP contribution in [0.15, 0.2) is 23.1 Å². The smallest absolute Gasteiger partial charge is 0.247 e. The van der Waals surface area contributed by atoms with E-state index in [-0.39, 0.29) is 28.6 Å². The number of aliphatic hydroxyl groups excluding tert-OH is 2. The van der Waals surface area contributed by atoms with Crippen LogP contribution in [0.2, 0.25) is 0 Å². The molecule has 1 fully saturated rings. The fourth-order valence-corrected chi connectivity index (χ4v) is 6.48. The van der Waals surface area contributed by atoms with E-state index in [1.54, 1.807) is 0 Å². The first-order chi connectivity index (χ1) is 12.1. The summed E-state index contributed by atoms with van der Waals surface area (Å²) in [7, 11) is -4.81. The minimum Gasteiger partial charge on any atom is -0.497 e. The molecule has 26 heavy (non-hydrogen) atoms. The molecule has 2 atom stereocenters. The summed E-state index contributed by atoms with van der Waals surface area (Å²) in [5, 5.41) is 18.9. The molecule has 1 aromatic rings. The number of sulfone groups is 1. The summed E-state index contributed by atoms with van der Waals surface area (Å²) in [6.45, 7) is -1.07.